The zero-order chi connectivity index (χ0) is 17.4. The molecule has 0 heterocycles. The Labute approximate surface area is 144 Å². The summed E-state index contributed by atoms with van der Waals surface area (Å²) in [5.74, 6) is 1.20. The van der Waals surface area contributed by atoms with Gasteiger partial charge in [0.1, 0.15) is 11.5 Å². The van der Waals surface area contributed by atoms with Gasteiger partial charge in [0.25, 0.3) is 0 Å². The molecule has 2 aromatic rings. The maximum Gasteiger partial charge on any atom is 0.587 e. The Morgan fingerprint density at radius 2 is 1.54 bits per heavy atom. The zero-order valence-corrected chi connectivity index (χ0v) is 15.4. The van der Waals surface area contributed by atoms with Crippen molar-refractivity contribution in [2.75, 3.05) is 6.61 Å². The number of hydrogen-bond acceptors (Lipinski definition) is 4. The molecule has 4 nitrogen and oxygen atoms in total. The third-order valence-corrected chi connectivity index (χ3v) is 4.83. The highest BCUT2D eigenvalue weighted by molar-refractivity contribution is 7.49. The van der Waals surface area contributed by atoms with Gasteiger partial charge in [0.2, 0.25) is 0 Å². The second-order valence-corrected chi connectivity index (χ2v) is 7.46. The minimum atomic E-state index is -3.76. The lowest BCUT2D eigenvalue weighted by Gasteiger charge is -2.20. The van der Waals surface area contributed by atoms with E-state index >= 15 is 0 Å². The molecule has 0 aliphatic rings. The van der Waals surface area contributed by atoms with Crippen molar-refractivity contribution in [1.29, 1.82) is 0 Å². The molecule has 0 spiro atoms. The molecule has 0 bridgehead atoms. The van der Waals surface area contributed by atoms with Crippen LogP contribution >= 0.6 is 7.82 Å². The van der Waals surface area contributed by atoms with Crippen LogP contribution in [0.25, 0.3) is 0 Å². The summed E-state index contributed by atoms with van der Waals surface area (Å²) in [6.07, 6.45) is 2.04. The van der Waals surface area contributed by atoms with Crippen molar-refractivity contribution in [2.45, 2.75) is 33.6 Å². The summed E-state index contributed by atoms with van der Waals surface area (Å²) in [4.78, 5) is 0. The molecule has 0 fully saturated rings. The van der Waals surface area contributed by atoms with Gasteiger partial charge in [-0.15, -0.1) is 0 Å². The molecule has 2 atom stereocenters. The molecule has 0 saturated heterocycles. The Kier molecular flexibility index (Phi) is 6.89. The summed E-state index contributed by atoms with van der Waals surface area (Å²) in [6.45, 7) is 6.47. The lowest BCUT2D eigenvalue weighted by atomic mass is 10.1. The van der Waals surface area contributed by atoms with Gasteiger partial charge in [-0.3, -0.25) is 4.52 Å². The number of benzene rings is 2. The molecule has 0 saturated carbocycles. The van der Waals surface area contributed by atoms with Crippen molar-refractivity contribution < 1.29 is 18.1 Å². The van der Waals surface area contributed by atoms with Crippen molar-refractivity contribution in [1.82, 2.24) is 0 Å². The maximum atomic E-state index is 13.1. The van der Waals surface area contributed by atoms with Crippen molar-refractivity contribution in [2.24, 2.45) is 5.92 Å². The average Bonchev–Trinajstić information content (AvgIpc) is 2.57. The van der Waals surface area contributed by atoms with E-state index in [4.69, 9.17) is 13.6 Å². The van der Waals surface area contributed by atoms with Crippen LogP contribution in [0.2, 0.25) is 0 Å². The number of para-hydroxylation sites is 1. The van der Waals surface area contributed by atoms with E-state index in [9.17, 15) is 4.57 Å². The quantitative estimate of drug-likeness (QED) is 0.520. The molecule has 0 amide bonds. The number of phosphoric acid groups is 1. The molecule has 24 heavy (non-hydrogen) atoms. The van der Waals surface area contributed by atoms with E-state index in [0.717, 1.165) is 18.4 Å². The Morgan fingerprint density at radius 1 is 0.958 bits per heavy atom. The molecule has 2 aromatic carbocycles. The first-order valence-corrected chi connectivity index (χ1v) is 9.72. The monoisotopic (exact) mass is 348 g/mol. The zero-order valence-electron chi connectivity index (χ0n) is 14.5. The third-order valence-electron chi connectivity index (χ3n) is 3.50. The van der Waals surface area contributed by atoms with E-state index in [1.54, 1.807) is 24.3 Å². The number of hydrogen-bond donors (Lipinski definition) is 0. The second kappa shape index (κ2) is 8.91. The first-order valence-electron chi connectivity index (χ1n) is 8.26. The SMILES string of the molecule is CCCC(C)COP(=O)(Oc1ccccc1)Oc1ccc(C)cc1. The van der Waals surface area contributed by atoms with Crippen LogP contribution in [0.5, 0.6) is 11.5 Å². The van der Waals surface area contributed by atoms with E-state index in [-0.39, 0.29) is 5.92 Å². The highest BCUT2D eigenvalue weighted by Gasteiger charge is 2.31. The van der Waals surface area contributed by atoms with E-state index < -0.39 is 7.82 Å². The van der Waals surface area contributed by atoms with Gasteiger partial charge in [-0.2, -0.15) is 0 Å². The topological polar surface area (TPSA) is 44.8 Å². The summed E-state index contributed by atoms with van der Waals surface area (Å²) in [5, 5.41) is 0. The molecular weight excluding hydrogens is 323 g/mol. The van der Waals surface area contributed by atoms with E-state index in [0.29, 0.717) is 18.1 Å². The fourth-order valence-electron chi connectivity index (χ4n) is 2.20. The largest absolute Gasteiger partial charge is 0.587 e. The molecule has 2 rings (SSSR count). The van der Waals surface area contributed by atoms with Crippen LogP contribution in [0.3, 0.4) is 0 Å². The second-order valence-electron chi connectivity index (χ2n) is 5.95. The van der Waals surface area contributed by atoms with Crippen molar-refractivity contribution in [3.05, 3.63) is 60.2 Å². The van der Waals surface area contributed by atoms with Gasteiger partial charge in [0.15, 0.2) is 0 Å². The fourth-order valence-corrected chi connectivity index (χ4v) is 3.54. The van der Waals surface area contributed by atoms with Crippen LogP contribution < -0.4 is 9.05 Å². The first kappa shape index (κ1) is 18.6. The van der Waals surface area contributed by atoms with Crippen LogP contribution in [-0.4, -0.2) is 6.61 Å². The van der Waals surface area contributed by atoms with Crippen LogP contribution in [0, 0.1) is 12.8 Å². The van der Waals surface area contributed by atoms with E-state index in [1.807, 2.05) is 37.3 Å². The lowest BCUT2D eigenvalue weighted by Crippen LogP contribution is -2.10. The predicted octanol–water partition coefficient (Wildman–Crippen LogP) is 6.01. The summed E-state index contributed by atoms with van der Waals surface area (Å²) in [7, 11) is -3.76. The van der Waals surface area contributed by atoms with Crippen LogP contribution in [-0.2, 0) is 9.09 Å². The van der Waals surface area contributed by atoms with Crippen molar-refractivity contribution in [3.8, 4) is 11.5 Å². The Hall–Kier alpha value is -1.77. The number of aryl methyl sites for hydroxylation is 1. The lowest BCUT2D eigenvalue weighted by molar-refractivity contribution is 0.179. The Balaban J connectivity index is 2.13. The third kappa shape index (κ3) is 6.03. The highest BCUT2D eigenvalue weighted by atomic mass is 31.2. The van der Waals surface area contributed by atoms with E-state index in [2.05, 4.69) is 13.8 Å². The van der Waals surface area contributed by atoms with Crippen molar-refractivity contribution >= 4 is 7.82 Å². The summed E-state index contributed by atoms with van der Waals surface area (Å²) < 4.78 is 29.8. The standard InChI is InChI=1S/C19H25O4P/c1-4-8-17(3)15-21-24(20,22-18-9-6-5-7-10-18)23-19-13-11-16(2)12-14-19/h5-7,9-14,17H,4,8,15H2,1-3H3. The highest BCUT2D eigenvalue weighted by Crippen LogP contribution is 2.50. The minimum Gasteiger partial charge on any atom is -0.395 e. The smallest absolute Gasteiger partial charge is 0.395 e. The molecule has 0 aromatic heterocycles. The number of phosphoric ester groups is 1. The van der Waals surface area contributed by atoms with Gasteiger partial charge in [-0.05, 0) is 43.5 Å². The van der Waals surface area contributed by atoms with Gasteiger partial charge >= 0.3 is 7.82 Å². The van der Waals surface area contributed by atoms with Crippen LogP contribution in [0.15, 0.2) is 54.6 Å². The average molecular weight is 348 g/mol. The Morgan fingerprint density at radius 3 is 2.12 bits per heavy atom. The van der Waals surface area contributed by atoms with Gasteiger partial charge in [-0.25, -0.2) is 4.57 Å². The molecular formula is C19H25O4P. The van der Waals surface area contributed by atoms with Crippen molar-refractivity contribution in [3.63, 3.8) is 0 Å². The summed E-state index contributed by atoms with van der Waals surface area (Å²) in [6, 6.07) is 16.2. The fraction of sp³-hybridized carbons (Fsp3) is 0.368. The van der Waals surface area contributed by atoms with Crippen LogP contribution in [0.4, 0.5) is 0 Å². The molecule has 0 aliphatic carbocycles. The molecule has 0 N–H and O–H groups in total. The minimum absolute atomic E-state index is 0.282. The van der Waals surface area contributed by atoms with E-state index in [1.165, 1.54) is 0 Å². The Bertz CT molecular complexity index is 655. The molecule has 130 valence electrons. The predicted molar refractivity (Wildman–Crippen MR) is 96.5 cm³/mol. The normalized spacial score (nSPS) is 14.6. The first-order chi connectivity index (χ1) is 11.5. The summed E-state index contributed by atoms with van der Waals surface area (Å²) in [5.41, 5.74) is 1.10. The molecule has 0 radical (unpaired) electrons. The summed E-state index contributed by atoms with van der Waals surface area (Å²) >= 11 is 0. The van der Waals surface area contributed by atoms with Crippen LogP contribution in [0.1, 0.15) is 32.3 Å². The molecule has 0 aliphatic heterocycles. The maximum absolute atomic E-state index is 13.1. The van der Waals surface area contributed by atoms with Gasteiger partial charge in [-0.1, -0.05) is 56.2 Å². The molecule has 5 heteroatoms. The van der Waals surface area contributed by atoms with Gasteiger partial charge < -0.3 is 9.05 Å². The van der Waals surface area contributed by atoms with Gasteiger partial charge in [0.05, 0.1) is 6.61 Å². The number of rotatable bonds is 9. The van der Waals surface area contributed by atoms with Gasteiger partial charge in [0, 0.05) is 0 Å². The molecule has 2 unspecified atom stereocenters.